The second kappa shape index (κ2) is 6.51. The fraction of sp³-hybridized carbons (Fsp3) is 0.385. The molecule has 1 aliphatic heterocycles. The summed E-state index contributed by atoms with van der Waals surface area (Å²) in [7, 11) is -1.07. The molecule has 0 spiro atoms. The van der Waals surface area contributed by atoms with E-state index in [4.69, 9.17) is 9.47 Å². The van der Waals surface area contributed by atoms with E-state index < -0.39 is 16.8 Å². The number of rotatable bonds is 5. The summed E-state index contributed by atoms with van der Waals surface area (Å²) in [5.41, 5.74) is 0.392. The highest BCUT2D eigenvalue weighted by atomic mass is 32.2. The van der Waals surface area contributed by atoms with Crippen molar-refractivity contribution in [1.82, 2.24) is 4.90 Å². The number of esters is 1. The number of carbonyl (C=O) groups excluding carboxylic acids is 2. The maximum absolute atomic E-state index is 11.7. The number of cyclic esters (lactones) is 1. The summed E-state index contributed by atoms with van der Waals surface area (Å²) in [6.07, 6.45) is 1.19. The summed E-state index contributed by atoms with van der Waals surface area (Å²) in [5.74, 6) is -0.467. The number of amides is 1. The third kappa shape index (κ3) is 3.57. The van der Waals surface area contributed by atoms with Gasteiger partial charge in [-0.05, 0) is 24.3 Å². The third-order valence-corrected chi connectivity index (χ3v) is 3.80. The molecule has 20 heavy (non-hydrogen) atoms. The lowest BCUT2D eigenvalue weighted by atomic mass is 10.2. The lowest BCUT2D eigenvalue weighted by Gasteiger charge is -2.12. The first-order valence-electron chi connectivity index (χ1n) is 6.10. The van der Waals surface area contributed by atoms with Crippen LogP contribution in [0.1, 0.15) is 10.4 Å². The normalized spacial score (nSPS) is 15.8. The van der Waals surface area contributed by atoms with E-state index in [-0.39, 0.29) is 12.7 Å². The van der Waals surface area contributed by atoms with Gasteiger partial charge in [0.1, 0.15) is 13.2 Å². The highest BCUT2D eigenvalue weighted by molar-refractivity contribution is 7.84. The fourth-order valence-electron chi connectivity index (χ4n) is 1.74. The van der Waals surface area contributed by atoms with Gasteiger partial charge in [0.2, 0.25) is 0 Å². The van der Waals surface area contributed by atoms with Gasteiger partial charge < -0.3 is 14.4 Å². The van der Waals surface area contributed by atoms with E-state index in [1.165, 1.54) is 4.90 Å². The zero-order chi connectivity index (χ0) is 14.5. The summed E-state index contributed by atoms with van der Waals surface area (Å²) in [6.45, 7) is 1.34. The van der Waals surface area contributed by atoms with Crippen molar-refractivity contribution in [3.05, 3.63) is 29.8 Å². The van der Waals surface area contributed by atoms with Gasteiger partial charge in [-0.1, -0.05) is 0 Å². The summed E-state index contributed by atoms with van der Waals surface area (Å²) in [5, 5.41) is 0. The average Bonchev–Trinajstić information content (AvgIpc) is 2.84. The van der Waals surface area contributed by atoms with Gasteiger partial charge in [0, 0.05) is 22.0 Å². The number of ether oxygens (including phenoxy) is 2. The third-order valence-electron chi connectivity index (χ3n) is 2.86. The molecule has 0 bridgehead atoms. The minimum atomic E-state index is -1.07. The summed E-state index contributed by atoms with van der Waals surface area (Å²) in [6, 6.07) is 6.40. The van der Waals surface area contributed by atoms with E-state index in [2.05, 4.69) is 0 Å². The molecule has 0 unspecified atom stereocenters. The van der Waals surface area contributed by atoms with Gasteiger partial charge in [-0.2, -0.15) is 0 Å². The monoisotopic (exact) mass is 297 g/mol. The molecule has 1 saturated heterocycles. The highest BCUT2D eigenvalue weighted by Gasteiger charge is 2.21. The zero-order valence-electron chi connectivity index (χ0n) is 11.0. The van der Waals surface area contributed by atoms with Crippen molar-refractivity contribution >= 4 is 22.9 Å². The fourth-order valence-corrected chi connectivity index (χ4v) is 2.26. The standard InChI is InChI=1S/C13H15NO5S/c1-20(17)11-4-2-10(3-5-11)12(15)18-8-6-14-7-9-19-13(14)16/h2-5H,6-9H2,1H3/t20-/m1/s1. The average molecular weight is 297 g/mol. The van der Waals surface area contributed by atoms with Crippen molar-refractivity contribution in [2.24, 2.45) is 0 Å². The largest absolute Gasteiger partial charge is 0.460 e. The van der Waals surface area contributed by atoms with Crippen LogP contribution in [-0.2, 0) is 20.3 Å². The quantitative estimate of drug-likeness (QED) is 0.759. The smallest absolute Gasteiger partial charge is 0.410 e. The van der Waals surface area contributed by atoms with Gasteiger partial charge in [0.05, 0.1) is 18.7 Å². The summed E-state index contributed by atoms with van der Waals surface area (Å²) >= 11 is 0. The van der Waals surface area contributed by atoms with Crippen molar-refractivity contribution < 1.29 is 23.3 Å². The maximum atomic E-state index is 11.7. The number of nitrogens with zero attached hydrogens (tertiary/aromatic N) is 1. The van der Waals surface area contributed by atoms with Crippen LogP contribution in [-0.4, -0.2) is 53.7 Å². The van der Waals surface area contributed by atoms with Crippen molar-refractivity contribution in [2.75, 3.05) is 32.6 Å². The zero-order valence-corrected chi connectivity index (χ0v) is 11.9. The molecule has 1 aliphatic rings. The predicted octanol–water partition coefficient (Wildman–Crippen LogP) is 1.03. The molecule has 1 fully saturated rings. The Morgan fingerprint density at radius 3 is 2.65 bits per heavy atom. The highest BCUT2D eigenvalue weighted by Crippen LogP contribution is 2.09. The van der Waals surface area contributed by atoms with Gasteiger partial charge in [-0.15, -0.1) is 0 Å². The first-order valence-corrected chi connectivity index (χ1v) is 7.66. The number of carbonyl (C=O) groups is 2. The molecule has 0 aromatic heterocycles. The molecule has 6 nitrogen and oxygen atoms in total. The Morgan fingerprint density at radius 1 is 1.40 bits per heavy atom. The van der Waals surface area contributed by atoms with Crippen LogP contribution in [0.2, 0.25) is 0 Å². The first-order chi connectivity index (χ1) is 9.58. The molecule has 7 heteroatoms. The van der Waals surface area contributed by atoms with Gasteiger partial charge in [-0.25, -0.2) is 9.59 Å². The number of hydrogen-bond acceptors (Lipinski definition) is 5. The van der Waals surface area contributed by atoms with E-state index in [0.29, 0.717) is 30.2 Å². The first kappa shape index (κ1) is 14.5. The Kier molecular flexibility index (Phi) is 4.73. The molecule has 1 heterocycles. The van der Waals surface area contributed by atoms with Gasteiger partial charge >= 0.3 is 12.1 Å². The molecule has 1 atom stereocenters. The SMILES string of the molecule is C[S@@](=O)c1ccc(C(=O)OCCN2CCOC2=O)cc1. The van der Waals surface area contributed by atoms with Crippen LogP contribution in [0.4, 0.5) is 4.79 Å². The van der Waals surface area contributed by atoms with Crippen LogP contribution in [0, 0.1) is 0 Å². The Hall–Kier alpha value is -1.89. The molecule has 2 rings (SSSR count). The number of hydrogen-bond donors (Lipinski definition) is 0. The van der Waals surface area contributed by atoms with Gasteiger partial charge in [-0.3, -0.25) is 4.21 Å². The molecular weight excluding hydrogens is 282 g/mol. The van der Waals surface area contributed by atoms with Gasteiger partial charge in [0.25, 0.3) is 0 Å². The minimum absolute atomic E-state index is 0.120. The van der Waals surface area contributed by atoms with Crippen LogP contribution in [0.25, 0.3) is 0 Å². The molecule has 0 radical (unpaired) electrons. The van der Waals surface area contributed by atoms with Crippen LogP contribution >= 0.6 is 0 Å². The predicted molar refractivity (Wildman–Crippen MR) is 72.0 cm³/mol. The minimum Gasteiger partial charge on any atom is -0.460 e. The second-order valence-electron chi connectivity index (χ2n) is 4.22. The second-order valence-corrected chi connectivity index (χ2v) is 5.60. The lowest BCUT2D eigenvalue weighted by molar-refractivity contribution is 0.0477. The molecule has 1 aromatic carbocycles. The van der Waals surface area contributed by atoms with Crippen LogP contribution in [0.5, 0.6) is 0 Å². The Labute approximate surface area is 119 Å². The Bertz CT molecular complexity index is 528. The maximum Gasteiger partial charge on any atom is 0.410 e. The van der Waals surface area contributed by atoms with Crippen LogP contribution in [0.3, 0.4) is 0 Å². The Balaban J connectivity index is 1.82. The summed E-state index contributed by atoms with van der Waals surface area (Å²) < 4.78 is 21.1. The molecular formula is C13H15NO5S. The van der Waals surface area contributed by atoms with Crippen LogP contribution in [0.15, 0.2) is 29.2 Å². The van der Waals surface area contributed by atoms with Crippen molar-refractivity contribution in [1.29, 1.82) is 0 Å². The van der Waals surface area contributed by atoms with Crippen molar-refractivity contribution in [3.8, 4) is 0 Å². The van der Waals surface area contributed by atoms with Gasteiger partial charge in [0.15, 0.2) is 0 Å². The molecule has 0 aliphatic carbocycles. The van der Waals surface area contributed by atoms with E-state index in [9.17, 15) is 13.8 Å². The number of benzene rings is 1. The summed E-state index contributed by atoms with van der Waals surface area (Å²) in [4.78, 5) is 25.0. The van der Waals surface area contributed by atoms with E-state index >= 15 is 0 Å². The molecule has 1 amide bonds. The van der Waals surface area contributed by atoms with Crippen LogP contribution < -0.4 is 0 Å². The van der Waals surface area contributed by atoms with E-state index in [1.807, 2.05) is 0 Å². The van der Waals surface area contributed by atoms with Crippen molar-refractivity contribution in [2.45, 2.75) is 4.90 Å². The van der Waals surface area contributed by atoms with E-state index in [1.54, 1.807) is 30.5 Å². The lowest BCUT2D eigenvalue weighted by Crippen LogP contribution is -2.29. The molecule has 108 valence electrons. The topological polar surface area (TPSA) is 72.9 Å². The van der Waals surface area contributed by atoms with E-state index in [0.717, 1.165) is 0 Å². The molecule has 1 aromatic rings. The Morgan fingerprint density at radius 2 is 2.10 bits per heavy atom. The van der Waals surface area contributed by atoms with Crippen molar-refractivity contribution in [3.63, 3.8) is 0 Å². The molecule has 0 saturated carbocycles. The molecule has 0 N–H and O–H groups in total.